The van der Waals surface area contributed by atoms with Gasteiger partial charge in [-0.15, -0.1) is 0 Å². The molecule has 0 spiro atoms. The maximum Gasteiger partial charge on any atom is 0.229 e. The molecule has 0 saturated carbocycles. The highest BCUT2D eigenvalue weighted by Gasteiger charge is 2.19. The molecule has 7 heteroatoms. The van der Waals surface area contributed by atoms with Gasteiger partial charge >= 0.3 is 0 Å². The van der Waals surface area contributed by atoms with Gasteiger partial charge in [-0.25, -0.2) is 0 Å². The third-order valence-electron chi connectivity index (χ3n) is 4.57. The van der Waals surface area contributed by atoms with E-state index >= 15 is 0 Å². The minimum absolute atomic E-state index is 0.0227. The van der Waals surface area contributed by atoms with Crippen LogP contribution in [-0.2, 0) is 9.53 Å². The van der Waals surface area contributed by atoms with E-state index < -0.39 is 6.23 Å². The van der Waals surface area contributed by atoms with Crippen LogP contribution in [-0.4, -0.2) is 37.8 Å². The summed E-state index contributed by atoms with van der Waals surface area (Å²) in [5.41, 5.74) is 2.84. The van der Waals surface area contributed by atoms with E-state index in [1.54, 1.807) is 37.3 Å². The number of halogens is 2. The molecule has 0 aliphatic carbocycles. The molecule has 0 fully saturated rings. The van der Waals surface area contributed by atoms with E-state index in [0.717, 1.165) is 11.1 Å². The van der Waals surface area contributed by atoms with E-state index in [1.807, 2.05) is 39.0 Å². The first-order chi connectivity index (χ1) is 13.6. The summed E-state index contributed by atoms with van der Waals surface area (Å²) in [7, 11) is 3.33. The lowest BCUT2D eigenvalue weighted by atomic mass is 10.00. The molecular formula is C22H28Cl2N2O3. The van der Waals surface area contributed by atoms with Crippen molar-refractivity contribution in [2.45, 2.75) is 33.0 Å². The number of nitrogens with zero attached hydrogens (tertiary/aromatic N) is 1. The normalized spacial score (nSPS) is 13.4. The van der Waals surface area contributed by atoms with Gasteiger partial charge in [0.05, 0.1) is 6.61 Å². The van der Waals surface area contributed by atoms with Crippen LogP contribution >= 0.6 is 23.2 Å². The second-order valence-electron chi connectivity index (χ2n) is 7.41. The summed E-state index contributed by atoms with van der Waals surface area (Å²) in [6.07, 6.45) is -0.938. The Balaban J connectivity index is 2.52. The molecule has 0 aromatic heterocycles. The van der Waals surface area contributed by atoms with Crippen LogP contribution in [0.25, 0.3) is 11.1 Å². The molecule has 2 aromatic carbocycles. The zero-order chi connectivity index (χ0) is 21.7. The first kappa shape index (κ1) is 23.6. The molecule has 0 heterocycles. The summed E-state index contributed by atoms with van der Waals surface area (Å²) >= 11 is 12.4. The lowest BCUT2D eigenvalue weighted by Gasteiger charge is -2.24. The van der Waals surface area contributed by atoms with E-state index in [4.69, 9.17) is 27.9 Å². The third kappa shape index (κ3) is 6.17. The summed E-state index contributed by atoms with van der Waals surface area (Å²) in [6, 6.07) is 10.7. The Bertz CT molecular complexity index is 858. The van der Waals surface area contributed by atoms with Crippen LogP contribution < -0.4 is 10.2 Å². The summed E-state index contributed by atoms with van der Waals surface area (Å²) < 4.78 is 5.12. The standard InChI is InChI=1S/C22H28Cl2N2O3/c1-13(2)22(28)26(4)18-9-15(19-7-6-17(23)11-20(19)24)8-16(10-18)21(27)25-14(3)12-29-5/h6-11,13-14,21,25,27H,12H2,1-5H3/t14-,21?/m1/s1. The van der Waals surface area contributed by atoms with Crippen LogP contribution in [0, 0.1) is 5.92 Å². The summed E-state index contributed by atoms with van der Waals surface area (Å²) in [4.78, 5) is 14.1. The van der Waals surface area contributed by atoms with Crippen molar-refractivity contribution in [3.05, 3.63) is 52.0 Å². The largest absolute Gasteiger partial charge is 0.383 e. The number of hydrogen-bond acceptors (Lipinski definition) is 4. The maximum absolute atomic E-state index is 12.5. The quantitative estimate of drug-likeness (QED) is 0.575. The van der Waals surface area contributed by atoms with Gasteiger partial charge in [0.2, 0.25) is 5.91 Å². The minimum Gasteiger partial charge on any atom is -0.383 e. The van der Waals surface area contributed by atoms with E-state index in [1.165, 1.54) is 0 Å². The number of nitrogens with one attached hydrogen (secondary N) is 1. The van der Waals surface area contributed by atoms with Gasteiger partial charge in [-0.2, -0.15) is 0 Å². The predicted molar refractivity (Wildman–Crippen MR) is 120 cm³/mol. The summed E-state index contributed by atoms with van der Waals surface area (Å²) in [5, 5.41) is 14.9. The average molecular weight is 439 g/mol. The number of benzene rings is 2. The third-order valence-corrected chi connectivity index (χ3v) is 5.12. The van der Waals surface area contributed by atoms with Crippen LogP contribution in [0.4, 0.5) is 5.69 Å². The van der Waals surface area contributed by atoms with Crippen LogP contribution in [0.1, 0.15) is 32.6 Å². The van der Waals surface area contributed by atoms with Gasteiger partial charge in [-0.05, 0) is 48.4 Å². The lowest BCUT2D eigenvalue weighted by molar-refractivity contribution is -0.121. The number of aliphatic hydroxyl groups excluding tert-OH is 1. The Kier molecular flexibility index (Phi) is 8.49. The second-order valence-corrected chi connectivity index (χ2v) is 8.26. The molecule has 0 radical (unpaired) electrons. The highest BCUT2D eigenvalue weighted by atomic mass is 35.5. The maximum atomic E-state index is 12.5. The van der Waals surface area contributed by atoms with E-state index in [9.17, 15) is 9.90 Å². The van der Waals surface area contributed by atoms with Gasteiger partial charge in [-0.1, -0.05) is 43.1 Å². The molecule has 2 atom stereocenters. The number of methoxy groups -OCH3 is 1. The fourth-order valence-corrected chi connectivity index (χ4v) is 3.56. The van der Waals surface area contributed by atoms with E-state index in [0.29, 0.717) is 27.9 Å². The SMILES string of the molecule is COC[C@@H](C)NC(O)c1cc(-c2ccc(Cl)cc2Cl)cc(N(C)C(=O)C(C)C)c1. The van der Waals surface area contributed by atoms with Gasteiger partial charge in [0.1, 0.15) is 6.23 Å². The Labute approximate surface area is 182 Å². The van der Waals surface area contributed by atoms with E-state index in [2.05, 4.69) is 5.32 Å². The summed E-state index contributed by atoms with van der Waals surface area (Å²) in [5.74, 6) is -0.179. The number of anilines is 1. The molecule has 0 aliphatic heterocycles. The fraction of sp³-hybridized carbons (Fsp3) is 0.409. The molecule has 2 aromatic rings. The molecule has 2 N–H and O–H groups in total. The van der Waals surface area contributed by atoms with Crippen molar-refractivity contribution in [1.82, 2.24) is 5.32 Å². The van der Waals surface area contributed by atoms with Gasteiger partial charge in [-0.3, -0.25) is 10.1 Å². The molecule has 0 bridgehead atoms. The van der Waals surface area contributed by atoms with Gasteiger partial charge in [0.25, 0.3) is 0 Å². The van der Waals surface area contributed by atoms with Gasteiger partial charge < -0.3 is 14.7 Å². The molecule has 1 amide bonds. The highest BCUT2D eigenvalue weighted by molar-refractivity contribution is 6.36. The smallest absolute Gasteiger partial charge is 0.229 e. The van der Waals surface area contributed by atoms with Crippen molar-refractivity contribution in [2.75, 3.05) is 25.7 Å². The number of amides is 1. The van der Waals surface area contributed by atoms with Crippen molar-refractivity contribution in [3.8, 4) is 11.1 Å². The van der Waals surface area contributed by atoms with Crippen LogP contribution in [0.15, 0.2) is 36.4 Å². The van der Waals surface area contributed by atoms with Crippen LogP contribution in [0.5, 0.6) is 0 Å². The van der Waals surface area contributed by atoms with Gasteiger partial charge in [0.15, 0.2) is 0 Å². The molecular weight excluding hydrogens is 411 g/mol. The number of carbonyl (C=O) groups is 1. The molecule has 1 unspecified atom stereocenters. The summed E-state index contributed by atoms with van der Waals surface area (Å²) in [6.45, 7) is 6.07. The number of hydrogen-bond donors (Lipinski definition) is 2. The highest BCUT2D eigenvalue weighted by Crippen LogP contribution is 2.34. The molecule has 158 valence electrons. The predicted octanol–water partition coefficient (Wildman–Crippen LogP) is 4.89. The molecule has 0 saturated heterocycles. The van der Waals surface area contributed by atoms with Crippen molar-refractivity contribution in [3.63, 3.8) is 0 Å². The number of ether oxygens (including phenoxy) is 1. The van der Waals surface area contributed by atoms with Crippen LogP contribution in [0.3, 0.4) is 0 Å². The average Bonchev–Trinajstić information content (AvgIpc) is 2.66. The van der Waals surface area contributed by atoms with Crippen LogP contribution in [0.2, 0.25) is 10.0 Å². The zero-order valence-corrected chi connectivity index (χ0v) is 18.9. The molecule has 2 rings (SSSR count). The second kappa shape index (κ2) is 10.4. The minimum atomic E-state index is -0.938. The number of carbonyl (C=O) groups excluding carboxylic acids is 1. The first-order valence-corrected chi connectivity index (χ1v) is 10.2. The van der Waals surface area contributed by atoms with Crippen molar-refractivity contribution >= 4 is 34.8 Å². The van der Waals surface area contributed by atoms with Crippen molar-refractivity contribution in [2.24, 2.45) is 5.92 Å². The first-order valence-electron chi connectivity index (χ1n) is 9.45. The fourth-order valence-electron chi connectivity index (χ4n) is 3.04. The molecule has 5 nitrogen and oxygen atoms in total. The van der Waals surface area contributed by atoms with Crippen molar-refractivity contribution in [1.29, 1.82) is 0 Å². The topological polar surface area (TPSA) is 61.8 Å². The lowest BCUT2D eigenvalue weighted by Crippen LogP contribution is -2.34. The van der Waals surface area contributed by atoms with E-state index in [-0.39, 0.29) is 17.9 Å². The Morgan fingerprint density at radius 3 is 2.45 bits per heavy atom. The Hall–Kier alpha value is -1.63. The van der Waals surface area contributed by atoms with Crippen molar-refractivity contribution < 1.29 is 14.6 Å². The number of rotatable bonds is 8. The Morgan fingerprint density at radius 2 is 1.86 bits per heavy atom. The monoisotopic (exact) mass is 438 g/mol. The molecule has 29 heavy (non-hydrogen) atoms. The zero-order valence-electron chi connectivity index (χ0n) is 17.4. The van der Waals surface area contributed by atoms with Gasteiger partial charge in [0, 0.05) is 47.4 Å². The molecule has 0 aliphatic rings. The number of aliphatic hydroxyl groups is 1. The Morgan fingerprint density at radius 1 is 1.17 bits per heavy atom.